The number of ether oxygens (including phenoxy) is 1. The highest BCUT2D eigenvalue weighted by Gasteiger charge is 1.95. The van der Waals surface area contributed by atoms with E-state index in [1.54, 1.807) is 6.08 Å². The molecule has 0 aromatic rings. The third-order valence-corrected chi connectivity index (χ3v) is 3.95. The largest absolute Gasteiger partial charge is 0.462 e. The molecule has 0 fully saturated rings. The average Bonchev–Trinajstić information content (AvgIpc) is 2.58. The normalized spacial score (nSPS) is 11.8. The monoisotopic (exact) mass is 346 g/mol. The number of carbonyl (C=O) groups excluding carboxylic acids is 1. The van der Waals surface area contributed by atoms with Crippen LogP contribution in [0.25, 0.3) is 0 Å². The van der Waals surface area contributed by atoms with Crippen LogP contribution < -0.4 is 0 Å². The van der Waals surface area contributed by atoms with Crippen LogP contribution in [0.5, 0.6) is 0 Å². The van der Waals surface area contributed by atoms with Gasteiger partial charge in [0.1, 0.15) is 0 Å². The van der Waals surface area contributed by atoms with E-state index in [2.05, 4.69) is 19.6 Å². The van der Waals surface area contributed by atoms with Crippen LogP contribution in [-0.4, -0.2) is 12.6 Å². The van der Waals surface area contributed by atoms with Crippen molar-refractivity contribution >= 4 is 5.97 Å². The number of esters is 1. The van der Waals surface area contributed by atoms with E-state index in [9.17, 15) is 4.79 Å². The molecule has 0 saturated heterocycles. The molecule has 0 bridgehead atoms. The topological polar surface area (TPSA) is 26.3 Å². The van der Waals surface area contributed by atoms with Gasteiger partial charge in [-0.15, -0.1) is 6.58 Å². The maximum absolute atomic E-state index is 11.4. The van der Waals surface area contributed by atoms with Gasteiger partial charge in [0, 0.05) is 12.5 Å². The Morgan fingerprint density at radius 1 is 0.880 bits per heavy atom. The summed E-state index contributed by atoms with van der Waals surface area (Å²) in [5.41, 5.74) is 1.02. The first kappa shape index (κ1) is 23.4. The molecule has 142 valence electrons. The van der Waals surface area contributed by atoms with E-state index in [0.29, 0.717) is 6.61 Å². The molecule has 0 aromatic carbocycles. The maximum atomic E-state index is 11.4. The van der Waals surface area contributed by atoms with Crippen molar-refractivity contribution in [2.75, 3.05) is 6.61 Å². The quantitative estimate of drug-likeness (QED) is 0.0980. The molecule has 2 nitrogen and oxygen atoms in total. The Labute approximate surface area is 155 Å². The van der Waals surface area contributed by atoms with Crippen molar-refractivity contribution in [1.82, 2.24) is 0 Å². The van der Waals surface area contributed by atoms with E-state index in [1.165, 1.54) is 63.9 Å². The second kappa shape index (κ2) is 18.8. The van der Waals surface area contributed by atoms with Gasteiger partial charge in [-0.2, -0.15) is 0 Å². The average molecular weight is 347 g/mol. The van der Waals surface area contributed by atoms with Gasteiger partial charge >= 0.3 is 5.97 Å². The number of hydrogen-bond acceptors (Lipinski definition) is 2. The summed E-state index contributed by atoms with van der Waals surface area (Å²) in [6.07, 6.45) is 25.4. The molecule has 0 unspecified atom stereocenters. The maximum Gasteiger partial charge on any atom is 0.330 e. The second-order valence-electron chi connectivity index (χ2n) is 6.66. The van der Waals surface area contributed by atoms with Crippen LogP contribution in [-0.2, 0) is 9.53 Å². The lowest BCUT2D eigenvalue weighted by molar-refractivity contribution is -0.137. The molecule has 0 heterocycles. The van der Waals surface area contributed by atoms with Gasteiger partial charge in [0.15, 0.2) is 0 Å². The SMILES string of the molecule is C=C(C)CCOC(=O)C=CC=CC=CCCCCCCCCCCC. The molecular weight excluding hydrogens is 308 g/mol. The first-order valence-corrected chi connectivity index (χ1v) is 9.97. The van der Waals surface area contributed by atoms with Gasteiger partial charge in [-0.05, 0) is 19.8 Å². The minimum absolute atomic E-state index is 0.301. The lowest BCUT2D eigenvalue weighted by Gasteiger charge is -2.00. The molecule has 0 aromatic heterocycles. The number of carbonyl (C=O) groups is 1. The van der Waals surface area contributed by atoms with Crippen LogP contribution in [0, 0.1) is 0 Å². The third-order valence-electron chi connectivity index (χ3n) is 3.95. The van der Waals surface area contributed by atoms with Crippen molar-refractivity contribution in [3.63, 3.8) is 0 Å². The number of allylic oxidation sites excluding steroid dienone is 5. The molecule has 0 aliphatic carbocycles. The zero-order valence-electron chi connectivity index (χ0n) is 16.5. The fraction of sp³-hybridized carbons (Fsp3) is 0.609. The van der Waals surface area contributed by atoms with E-state index >= 15 is 0 Å². The van der Waals surface area contributed by atoms with E-state index < -0.39 is 0 Å². The van der Waals surface area contributed by atoms with Crippen molar-refractivity contribution in [3.05, 3.63) is 48.6 Å². The second-order valence-corrected chi connectivity index (χ2v) is 6.66. The van der Waals surface area contributed by atoms with Crippen LogP contribution >= 0.6 is 0 Å². The van der Waals surface area contributed by atoms with Gasteiger partial charge in [0.2, 0.25) is 0 Å². The minimum Gasteiger partial charge on any atom is -0.462 e. The van der Waals surface area contributed by atoms with Gasteiger partial charge in [0.05, 0.1) is 6.61 Å². The molecule has 2 heteroatoms. The molecule has 0 radical (unpaired) electrons. The van der Waals surface area contributed by atoms with E-state index in [-0.39, 0.29) is 5.97 Å². The summed E-state index contributed by atoms with van der Waals surface area (Å²) in [5, 5.41) is 0. The molecule has 0 saturated carbocycles. The third kappa shape index (κ3) is 20.4. The number of hydrogen-bond donors (Lipinski definition) is 0. The lowest BCUT2D eigenvalue weighted by Crippen LogP contribution is -2.02. The van der Waals surface area contributed by atoms with Crippen LogP contribution in [0.4, 0.5) is 0 Å². The Morgan fingerprint density at radius 3 is 2.12 bits per heavy atom. The van der Waals surface area contributed by atoms with Crippen LogP contribution in [0.1, 0.15) is 84.5 Å². The predicted octanol–water partition coefficient (Wildman–Crippen LogP) is 7.09. The predicted molar refractivity (Wildman–Crippen MR) is 110 cm³/mol. The molecule has 0 N–H and O–H groups in total. The standard InChI is InChI=1S/C23H38O2/c1-4-5-6-7-8-9-10-11-12-13-14-15-16-17-18-19-23(24)25-21-20-22(2)3/h14-19H,2,4-13,20-21H2,1,3H3. The molecule has 0 amide bonds. The Hall–Kier alpha value is -1.57. The van der Waals surface area contributed by atoms with Gasteiger partial charge in [0.25, 0.3) is 0 Å². The van der Waals surface area contributed by atoms with Crippen molar-refractivity contribution in [2.45, 2.75) is 84.5 Å². The molecular formula is C23H38O2. The number of rotatable bonds is 16. The fourth-order valence-electron chi connectivity index (χ4n) is 2.38. The summed E-state index contributed by atoms with van der Waals surface area (Å²) in [4.78, 5) is 11.4. The Morgan fingerprint density at radius 2 is 1.48 bits per heavy atom. The van der Waals surface area contributed by atoms with Crippen molar-refractivity contribution in [2.24, 2.45) is 0 Å². The summed E-state index contributed by atoms with van der Waals surface area (Å²) < 4.78 is 5.03. The van der Waals surface area contributed by atoms with Gasteiger partial charge in [-0.1, -0.05) is 94.2 Å². The Kier molecular flexibility index (Phi) is 17.6. The molecule has 0 rings (SSSR count). The lowest BCUT2D eigenvalue weighted by atomic mass is 10.1. The molecule has 0 aliphatic heterocycles. The molecule has 0 atom stereocenters. The van der Waals surface area contributed by atoms with Crippen molar-refractivity contribution in [3.8, 4) is 0 Å². The van der Waals surface area contributed by atoms with Gasteiger partial charge < -0.3 is 4.74 Å². The molecule has 0 aliphatic rings. The number of unbranched alkanes of at least 4 members (excludes halogenated alkanes) is 9. The Balaban J connectivity index is 3.46. The van der Waals surface area contributed by atoms with Gasteiger partial charge in [-0.3, -0.25) is 0 Å². The zero-order chi connectivity index (χ0) is 18.6. The summed E-state index contributed by atoms with van der Waals surface area (Å²) in [7, 11) is 0. The van der Waals surface area contributed by atoms with E-state index in [4.69, 9.17) is 4.74 Å². The summed E-state index contributed by atoms with van der Waals surface area (Å²) in [5.74, 6) is -0.301. The highest BCUT2D eigenvalue weighted by Crippen LogP contribution is 2.10. The molecule has 25 heavy (non-hydrogen) atoms. The highest BCUT2D eigenvalue weighted by atomic mass is 16.5. The molecule has 0 spiro atoms. The summed E-state index contributed by atoms with van der Waals surface area (Å²) in [6.45, 7) is 8.36. The van der Waals surface area contributed by atoms with Gasteiger partial charge in [-0.25, -0.2) is 4.79 Å². The fourth-order valence-corrected chi connectivity index (χ4v) is 2.38. The van der Waals surface area contributed by atoms with Crippen LogP contribution in [0.2, 0.25) is 0 Å². The van der Waals surface area contributed by atoms with E-state index in [1.807, 2.05) is 25.2 Å². The van der Waals surface area contributed by atoms with E-state index in [0.717, 1.165) is 18.4 Å². The highest BCUT2D eigenvalue weighted by molar-refractivity contribution is 5.82. The smallest absolute Gasteiger partial charge is 0.330 e. The van der Waals surface area contributed by atoms with Crippen LogP contribution in [0.15, 0.2) is 48.6 Å². The van der Waals surface area contributed by atoms with Crippen molar-refractivity contribution < 1.29 is 9.53 Å². The summed E-state index contributed by atoms with van der Waals surface area (Å²) >= 11 is 0. The summed E-state index contributed by atoms with van der Waals surface area (Å²) in [6, 6.07) is 0. The van der Waals surface area contributed by atoms with Crippen molar-refractivity contribution in [1.29, 1.82) is 0 Å². The Bertz CT molecular complexity index is 416. The first-order chi connectivity index (χ1) is 12.2. The minimum atomic E-state index is -0.301. The van der Waals surface area contributed by atoms with Crippen LogP contribution in [0.3, 0.4) is 0 Å². The zero-order valence-corrected chi connectivity index (χ0v) is 16.5. The first-order valence-electron chi connectivity index (χ1n) is 9.97.